The zero-order chi connectivity index (χ0) is 13.7. The van der Waals surface area contributed by atoms with Gasteiger partial charge in [0.15, 0.2) is 0 Å². The largest absolute Gasteiger partial charge is 0.326 e. The van der Waals surface area contributed by atoms with E-state index in [0.717, 1.165) is 23.8 Å². The molecule has 0 spiro atoms. The van der Waals surface area contributed by atoms with Crippen LogP contribution in [-0.4, -0.2) is 50.1 Å². The minimum Gasteiger partial charge on any atom is -0.326 e. The third-order valence-electron chi connectivity index (χ3n) is 2.97. The molecule has 0 saturated carbocycles. The lowest BCUT2D eigenvalue weighted by Crippen LogP contribution is -2.37. The lowest BCUT2D eigenvalue weighted by molar-refractivity contribution is 0.211. The van der Waals surface area contributed by atoms with Crippen LogP contribution in [0.25, 0.3) is 0 Å². The van der Waals surface area contributed by atoms with Crippen molar-refractivity contribution in [2.45, 2.75) is 25.4 Å². The summed E-state index contributed by atoms with van der Waals surface area (Å²) < 4.78 is 0.831. The van der Waals surface area contributed by atoms with Gasteiger partial charge in [-0.2, -0.15) is 0 Å². The number of thiophene rings is 1. The van der Waals surface area contributed by atoms with E-state index < -0.39 is 0 Å². The molecule has 1 aromatic rings. The Morgan fingerprint density at radius 2 is 1.94 bits per heavy atom. The average Bonchev–Trinajstić information content (AvgIpc) is 2.63. The molecule has 0 aliphatic rings. The Bertz CT molecular complexity index is 352. The van der Waals surface area contributed by atoms with Crippen molar-refractivity contribution in [1.29, 1.82) is 0 Å². The van der Waals surface area contributed by atoms with Crippen molar-refractivity contribution in [2.75, 3.05) is 34.2 Å². The van der Waals surface area contributed by atoms with Gasteiger partial charge in [0.1, 0.15) is 0 Å². The third kappa shape index (κ3) is 4.86. The molecule has 0 aliphatic heterocycles. The minimum atomic E-state index is 0.101. The van der Waals surface area contributed by atoms with E-state index in [1.807, 2.05) is 6.07 Å². The van der Waals surface area contributed by atoms with E-state index in [0.29, 0.717) is 0 Å². The fourth-order valence-corrected chi connectivity index (χ4v) is 3.48. The number of nitrogens with zero attached hydrogens (tertiary/aromatic N) is 2. The van der Waals surface area contributed by atoms with Gasteiger partial charge in [-0.25, -0.2) is 0 Å². The smallest absolute Gasteiger partial charge is 0.0931 e. The molecule has 0 radical (unpaired) electrons. The number of halogens is 1. The van der Waals surface area contributed by atoms with Crippen molar-refractivity contribution in [3.63, 3.8) is 0 Å². The number of hydrogen-bond donors (Lipinski definition) is 1. The van der Waals surface area contributed by atoms with E-state index in [1.165, 1.54) is 4.88 Å². The molecule has 2 unspecified atom stereocenters. The van der Waals surface area contributed by atoms with E-state index >= 15 is 0 Å². The number of hydrogen-bond acceptors (Lipinski definition) is 4. The van der Waals surface area contributed by atoms with E-state index in [1.54, 1.807) is 11.3 Å². The van der Waals surface area contributed by atoms with Gasteiger partial charge >= 0.3 is 0 Å². The molecule has 0 amide bonds. The highest BCUT2D eigenvalue weighted by Crippen LogP contribution is 2.31. The zero-order valence-corrected chi connectivity index (χ0v) is 13.3. The lowest BCUT2D eigenvalue weighted by atomic mass is 10.1. The van der Waals surface area contributed by atoms with Crippen LogP contribution in [0.4, 0.5) is 0 Å². The number of rotatable bonds is 7. The molecule has 104 valence electrons. The second-order valence-corrected chi connectivity index (χ2v) is 6.83. The van der Waals surface area contributed by atoms with Gasteiger partial charge in [-0.3, -0.25) is 4.90 Å². The van der Waals surface area contributed by atoms with Crippen LogP contribution >= 0.6 is 22.9 Å². The van der Waals surface area contributed by atoms with Gasteiger partial charge < -0.3 is 10.6 Å². The van der Waals surface area contributed by atoms with Crippen molar-refractivity contribution in [1.82, 2.24) is 9.80 Å². The normalized spacial score (nSPS) is 15.3. The first kappa shape index (κ1) is 15.9. The maximum atomic E-state index is 6.12. The second-order valence-electron chi connectivity index (χ2n) is 5.08. The van der Waals surface area contributed by atoms with Gasteiger partial charge in [0.25, 0.3) is 0 Å². The molecule has 2 atom stereocenters. The summed E-state index contributed by atoms with van der Waals surface area (Å²) in [5, 5.41) is 0. The summed E-state index contributed by atoms with van der Waals surface area (Å²) in [7, 11) is 6.33. The van der Waals surface area contributed by atoms with Crippen LogP contribution in [0.1, 0.15) is 24.3 Å². The Morgan fingerprint density at radius 3 is 2.39 bits per heavy atom. The van der Waals surface area contributed by atoms with E-state index in [2.05, 4.69) is 43.9 Å². The first-order valence-electron chi connectivity index (χ1n) is 6.27. The standard InChI is InChI=1S/C13H24ClN3S/c1-10(15)13(11-6-7-12(14)18-11)17(4)9-5-8-16(2)3/h6-7,10,13H,5,8-9,15H2,1-4H3. The lowest BCUT2D eigenvalue weighted by Gasteiger charge is -2.30. The molecule has 1 heterocycles. The summed E-state index contributed by atoms with van der Waals surface area (Å²) in [5.41, 5.74) is 6.12. The molecule has 18 heavy (non-hydrogen) atoms. The zero-order valence-electron chi connectivity index (χ0n) is 11.7. The predicted molar refractivity (Wildman–Crippen MR) is 81.5 cm³/mol. The van der Waals surface area contributed by atoms with Crippen LogP contribution in [-0.2, 0) is 0 Å². The molecule has 5 heteroatoms. The van der Waals surface area contributed by atoms with Crippen LogP contribution in [0.5, 0.6) is 0 Å². The maximum absolute atomic E-state index is 6.12. The quantitative estimate of drug-likeness (QED) is 0.838. The number of nitrogens with two attached hydrogens (primary N) is 1. The van der Waals surface area contributed by atoms with Gasteiger partial charge in [0.05, 0.1) is 10.4 Å². The third-order valence-corrected chi connectivity index (χ3v) is 4.28. The van der Waals surface area contributed by atoms with Gasteiger partial charge in [-0.05, 0) is 59.7 Å². The molecule has 1 rings (SSSR count). The SMILES string of the molecule is CC(N)C(c1ccc(Cl)s1)N(C)CCCN(C)C. The highest BCUT2D eigenvalue weighted by molar-refractivity contribution is 7.16. The van der Waals surface area contributed by atoms with Crippen LogP contribution in [0.2, 0.25) is 4.34 Å². The Hall–Kier alpha value is -0.130. The van der Waals surface area contributed by atoms with Crippen LogP contribution < -0.4 is 5.73 Å². The van der Waals surface area contributed by atoms with E-state index in [-0.39, 0.29) is 12.1 Å². The molecular formula is C13H24ClN3S. The summed E-state index contributed by atoms with van der Waals surface area (Å²) in [6.45, 7) is 4.20. The van der Waals surface area contributed by atoms with Crippen molar-refractivity contribution in [2.24, 2.45) is 5.73 Å². The molecule has 3 nitrogen and oxygen atoms in total. The Morgan fingerprint density at radius 1 is 1.28 bits per heavy atom. The molecule has 0 aromatic carbocycles. The van der Waals surface area contributed by atoms with Crippen molar-refractivity contribution < 1.29 is 0 Å². The Kier molecular flexibility index (Phi) is 6.60. The van der Waals surface area contributed by atoms with E-state index in [4.69, 9.17) is 17.3 Å². The van der Waals surface area contributed by atoms with Crippen LogP contribution in [0.15, 0.2) is 12.1 Å². The van der Waals surface area contributed by atoms with Crippen LogP contribution in [0.3, 0.4) is 0 Å². The summed E-state index contributed by atoms with van der Waals surface area (Å²) in [6, 6.07) is 4.39. The van der Waals surface area contributed by atoms with Gasteiger partial charge in [-0.15, -0.1) is 11.3 Å². The first-order valence-corrected chi connectivity index (χ1v) is 7.47. The Balaban J connectivity index is 2.61. The van der Waals surface area contributed by atoms with Crippen molar-refractivity contribution in [3.8, 4) is 0 Å². The van der Waals surface area contributed by atoms with Gasteiger partial charge in [0.2, 0.25) is 0 Å². The highest BCUT2D eigenvalue weighted by Gasteiger charge is 2.22. The predicted octanol–water partition coefficient (Wildman–Crippen LogP) is 2.67. The molecule has 0 fully saturated rings. The molecule has 1 aromatic heterocycles. The highest BCUT2D eigenvalue weighted by atomic mass is 35.5. The molecule has 0 saturated heterocycles. The van der Waals surface area contributed by atoms with Gasteiger partial charge in [-0.1, -0.05) is 11.6 Å². The fourth-order valence-electron chi connectivity index (χ4n) is 2.14. The monoisotopic (exact) mass is 289 g/mol. The minimum absolute atomic E-state index is 0.101. The topological polar surface area (TPSA) is 32.5 Å². The summed E-state index contributed by atoms with van der Waals surface area (Å²) in [5.74, 6) is 0. The Labute approximate surface area is 120 Å². The van der Waals surface area contributed by atoms with Gasteiger partial charge in [0, 0.05) is 10.9 Å². The maximum Gasteiger partial charge on any atom is 0.0931 e. The average molecular weight is 290 g/mol. The summed E-state index contributed by atoms with van der Waals surface area (Å²) in [4.78, 5) is 5.79. The summed E-state index contributed by atoms with van der Waals surface area (Å²) >= 11 is 7.64. The van der Waals surface area contributed by atoms with Crippen LogP contribution in [0, 0.1) is 0 Å². The number of likely N-dealkylation sites (N-methyl/N-ethyl adjacent to an activating group) is 1. The molecular weight excluding hydrogens is 266 g/mol. The van der Waals surface area contributed by atoms with Crippen molar-refractivity contribution >= 4 is 22.9 Å². The van der Waals surface area contributed by atoms with Crippen molar-refractivity contribution in [3.05, 3.63) is 21.3 Å². The fraction of sp³-hybridized carbons (Fsp3) is 0.692. The molecule has 0 aliphatic carbocycles. The molecule has 2 N–H and O–H groups in total. The molecule has 0 bridgehead atoms. The summed E-state index contributed by atoms with van der Waals surface area (Å²) in [6.07, 6.45) is 1.14. The van der Waals surface area contributed by atoms with E-state index in [9.17, 15) is 0 Å². The first-order chi connectivity index (χ1) is 8.41. The second kappa shape index (κ2) is 7.46.